The molecule has 3 unspecified atom stereocenters. The van der Waals surface area contributed by atoms with Crippen molar-refractivity contribution in [3.63, 3.8) is 0 Å². The zero-order valence-corrected chi connectivity index (χ0v) is 16.5. The van der Waals surface area contributed by atoms with E-state index in [2.05, 4.69) is 28.1 Å². The summed E-state index contributed by atoms with van der Waals surface area (Å²) in [5.74, 6) is -1.38. The number of rotatable bonds is 15. The number of hydrogen-bond donors (Lipinski definition) is 2. The van der Waals surface area contributed by atoms with Gasteiger partial charge in [0.1, 0.15) is 51.3 Å². The Morgan fingerprint density at radius 2 is 1.32 bits per heavy atom. The van der Waals surface area contributed by atoms with E-state index in [1.54, 1.807) is 0 Å². The Hall–Kier alpha value is -3.29. The lowest BCUT2D eigenvalue weighted by molar-refractivity contribution is -0.141. The molecule has 1 aromatic heterocycles. The number of aliphatic hydroxyl groups is 2. The predicted molar refractivity (Wildman–Crippen MR) is 100 cm³/mol. The van der Waals surface area contributed by atoms with Gasteiger partial charge in [0.05, 0.1) is 6.61 Å². The summed E-state index contributed by atoms with van der Waals surface area (Å²) in [5, 5.41) is 19.6. The van der Waals surface area contributed by atoms with Crippen LogP contribution in [0.1, 0.15) is 0 Å². The van der Waals surface area contributed by atoms with E-state index in [4.69, 9.17) is 28.4 Å². The lowest BCUT2D eigenvalue weighted by Crippen LogP contribution is -2.26. The molecule has 1 aromatic rings. The summed E-state index contributed by atoms with van der Waals surface area (Å²) in [6, 6.07) is -0.604. The average Bonchev–Trinajstić information content (AvgIpc) is 3.61. The van der Waals surface area contributed by atoms with Crippen molar-refractivity contribution in [1.29, 1.82) is 0 Å². The molecule has 13 heteroatoms. The van der Waals surface area contributed by atoms with Crippen molar-refractivity contribution in [1.82, 2.24) is 15.0 Å². The summed E-state index contributed by atoms with van der Waals surface area (Å²) in [6.07, 6.45) is -0.453. The molecular formula is C18H23N3O10. The number of epoxide rings is 1. The molecule has 170 valence electrons. The molecular weight excluding hydrogens is 418 g/mol. The van der Waals surface area contributed by atoms with Gasteiger partial charge in [0.15, 0.2) is 0 Å². The first-order valence-electron chi connectivity index (χ1n) is 9.10. The lowest BCUT2D eigenvalue weighted by Gasteiger charge is -2.14. The van der Waals surface area contributed by atoms with E-state index >= 15 is 0 Å². The molecule has 31 heavy (non-hydrogen) atoms. The van der Waals surface area contributed by atoms with Crippen molar-refractivity contribution in [2.45, 2.75) is 18.3 Å². The van der Waals surface area contributed by atoms with Crippen LogP contribution in [0.2, 0.25) is 0 Å². The van der Waals surface area contributed by atoms with Crippen LogP contribution in [-0.4, -0.2) is 95.1 Å². The van der Waals surface area contributed by atoms with E-state index in [1.807, 2.05) is 0 Å². The molecule has 2 heterocycles. The minimum absolute atomic E-state index is 0.0618. The van der Waals surface area contributed by atoms with Crippen molar-refractivity contribution in [2.75, 3.05) is 39.6 Å². The fourth-order valence-corrected chi connectivity index (χ4v) is 1.76. The van der Waals surface area contributed by atoms with Crippen LogP contribution in [0.5, 0.6) is 18.0 Å². The third-order valence-corrected chi connectivity index (χ3v) is 3.35. The van der Waals surface area contributed by atoms with Crippen LogP contribution < -0.4 is 14.2 Å². The third kappa shape index (κ3) is 9.84. The maximum atomic E-state index is 11.0. The molecule has 1 fully saturated rings. The van der Waals surface area contributed by atoms with Gasteiger partial charge in [-0.05, 0) is 0 Å². The molecule has 0 bridgehead atoms. The van der Waals surface area contributed by atoms with Gasteiger partial charge < -0.3 is 38.6 Å². The van der Waals surface area contributed by atoms with Gasteiger partial charge in [0, 0.05) is 12.2 Å². The van der Waals surface area contributed by atoms with Gasteiger partial charge in [-0.1, -0.05) is 13.2 Å². The van der Waals surface area contributed by atoms with Crippen LogP contribution in [0.4, 0.5) is 0 Å². The number of carbonyl (C=O) groups is 2. The Kier molecular flexibility index (Phi) is 9.61. The molecule has 0 radical (unpaired) electrons. The number of ether oxygens (including phenoxy) is 6. The van der Waals surface area contributed by atoms with Crippen LogP contribution in [0.25, 0.3) is 0 Å². The first kappa shape index (κ1) is 24.0. The third-order valence-electron chi connectivity index (χ3n) is 3.35. The number of esters is 2. The standard InChI is InChI=1S/C18H23N3O10/c1-3-14(24)27-5-11(22)7-29-16-19-17(21-18(20-16)31-10-13-9-26-13)30-8-12(23)6-28-15(25)4-2/h3-4,11-13,22-23H,1-2,5-10H2. The highest BCUT2D eigenvalue weighted by atomic mass is 16.6. The van der Waals surface area contributed by atoms with Gasteiger partial charge in [-0.25, -0.2) is 9.59 Å². The second-order valence-electron chi connectivity index (χ2n) is 6.05. The van der Waals surface area contributed by atoms with Crippen molar-refractivity contribution in [3.05, 3.63) is 25.3 Å². The zero-order valence-electron chi connectivity index (χ0n) is 16.5. The van der Waals surface area contributed by atoms with E-state index < -0.39 is 24.1 Å². The van der Waals surface area contributed by atoms with Gasteiger partial charge in [0.25, 0.3) is 0 Å². The number of hydrogen-bond acceptors (Lipinski definition) is 13. The molecule has 0 aromatic carbocycles. The molecule has 1 aliphatic rings. The number of aliphatic hydroxyl groups excluding tert-OH is 2. The highest BCUT2D eigenvalue weighted by molar-refractivity contribution is 5.81. The van der Waals surface area contributed by atoms with Crippen molar-refractivity contribution >= 4 is 11.9 Å². The highest BCUT2D eigenvalue weighted by Gasteiger charge is 2.24. The van der Waals surface area contributed by atoms with Crippen molar-refractivity contribution < 1.29 is 48.2 Å². The summed E-state index contributed by atoms with van der Waals surface area (Å²) in [5.41, 5.74) is 0. The molecule has 0 spiro atoms. The first-order chi connectivity index (χ1) is 14.9. The molecule has 0 amide bonds. The average molecular weight is 441 g/mol. The summed E-state index contributed by atoms with van der Waals surface area (Å²) in [7, 11) is 0. The number of nitrogens with zero attached hydrogens (tertiary/aromatic N) is 3. The zero-order chi connectivity index (χ0) is 22.6. The Morgan fingerprint density at radius 1 is 0.903 bits per heavy atom. The monoisotopic (exact) mass is 441 g/mol. The van der Waals surface area contributed by atoms with Gasteiger partial charge in [-0.3, -0.25) is 0 Å². The maximum Gasteiger partial charge on any atom is 0.330 e. The smallest absolute Gasteiger partial charge is 0.330 e. The topological polar surface area (TPSA) is 172 Å². The van der Waals surface area contributed by atoms with Gasteiger partial charge in [0.2, 0.25) is 0 Å². The van der Waals surface area contributed by atoms with E-state index in [1.165, 1.54) is 0 Å². The summed E-state index contributed by atoms with van der Waals surface area (Å²) in [6.45, 7) is 5.98. The quantitative estimate of drug-likeness (QED) is 0.185. The van der Waals surface area contributed by atoms with Gasteiger partial charge in [-0.2, -0.15) is 0 Å². The van der Waals surface area contributed by atoms with E-state index in [0.717, 1.165) is 12.2 Å². The SMILES string of the molecule is C=CC(=O)OCC(O)COc1nc(OCC(O)COC(=O)C=C)nc(OCC2CO2)n1. The Labute approximate surface area is 177 Å². The highest BCUT2D eigenvalue weighted by Crippen LogP contribution is 2.17. The number of carbonyl (C=O) groups excluding carboxylic acids is 2. The first-order valence-corrected chi connectivity index (χ1v) is 9.10. The summed E-state index contributed by atoms with van der Waals surface area (Å²) < 4.78 is 30.4. The molecule has 2 rings (SSSR count). The fraction of sp³-hybridized carbons (Fsp3) is 0.500. The van der Waals surface area contributed by atoms with Gasteiger partial charge >= 0.3 is 30.0 Å². The Morgan fingerprint density at radius 3 is 1.71 bits per heavy atom. The maximum absolute atomic E-state index is 11.0. The van der Waals surface area contributed by atoms with Crippen LogP contribution in [0.3, 0.4) is 0 Å². The predicted octanol–water partition coefficient (Wildman–Crippen LogP) is -1.41. The van der Waals surface area contributed by atoms with E-state index in [-0.39, 0.29) is 57.2 Å². The minimum Gasteiger partial charge on any atom is -0.460 e. The molecule has 1 aliphatic heterocycles. The molecule has 1 saturated heterocycles. The fourth-order valence-electron chi connectivity index (χ4n) is 1.76. The van der Waals surface area contributed by atoms with Crippen molar-refractivity contribution in [2.24, 2.45) is 0 Å². The van der Waals surface area contributed by atoms with Gasteiger partial charge in [-0.15, -0.1) is 15.0 Å². The van der Waals surface area contributed by atoms with Crippen LogP contribution >= 0.6 is 0 Å². The van der Waals surface area contributed by atoms with Crippen LogP contribution in [-0.2, 0) is 23.8 Å². The van der Waals surface area contributed by atoms with Crippen molar-refractivity contribution in [3.8, 4) is 18.0 Å². The lowest BCUT2D eigenvalue weighted by atomic mass is 10.4. The largest absolute Gasteiger partial charge is 0.460 e. The van der Waals surface area contributed by atoms with Crippen LogP contribution in [0, 0.1) is 0 Å². The molecule has 0 aliphatic carbocycles. The Balaban J connectivity index is 1.92. The normalized spacial score (nSPS) is 16.4. The van der Waals surface area contributed by atoms with E-state index in [0.29, 0.717) is 6.61 Å². The molecule has 2 N–H and O–H groups in total. The summed E-state index contributed by atoms with van der Waals surface area (Å²) >= 11 is 0. The Bertz CT molecular complexity index is 719. The second kappa shape index (κ2) is 12.4. The van der Waals surface area contributed by atoms with Crippen LogP contribution in [0.15, 0.2) is 25.3 Å². The number of aromatic nitrogens is 3. The minimum atomic E-state index is -1.16. The molecule has 3 atom stereocenters. The van der Waals surface area contributed by atoms with E-state index in [9.17, 15) is 19.8 Å². The second-order valence-corrected chi connectivity index (χ2v) is 6.05. The molecule has 0 saturated carbocycles. The summed E-state index contributed by atoms with van der Waals surface area (Å²) in [4.78, 5) is 33.8. The molecule has 13 nitrogen and oxygen atoms in total.